The summed E-state index contributed by atoms with van der Waals surface area (Å²) in [6.07, 6.45) is 1.82. The molecular formula is C26H30ClN3O4S. The number of benzene rings is 3. The number of hydrogen-bond donors (Lipinski definition) is 1. The topological polar surface area (TPSA) is 86.8 Å². The Balaban J connectivity index is 1.99. The lowest BCUT2D eigenvalue weighted by atomic mass is 10.1. The van der Waals surface area contributed by atoms with Gasteiger partial charge in [0.2, 0.25) is 21.8 Å². The van der Waals surface area contributed by atoms with Crippen molar-refractivity contribution < 1.29 is 18.0 Å². The van der Waals surface area contributed by atoms with E-state index in [-0.39, 0.29) is 12.5 Å². The first-order valence-electron chi connectivity index (χ1n) is 11.4. The van der Waals surface area contributed by atoms with E-state index in [4.69, 9.17) is 11.6 Å². The third-order valence-electron chi connectivity index (χ3n) is 5.73. The van der Waals surface area contributed by atoms with Crippen LogP contribution in [0.15, 0.2) is 66.7 Å². The molecule has 0 spiro atoms. The highest BCUT2D eigenvalue weighted by Crippen LogP contribution is 2.29. The molecule has 3 aromatic carbocycles. The molecule has 9 heteroatoms. The van der Waals surface area contributed by atoms with Gasteiger partial charge < -0.3 is 10.2 Å². The number of anilines is 1. The minimum atomic E-state index is -3.82. The van der Waals surface area contributed by atoms with E-state index in [9.17, 15) is 18.0 Å². The average molecular weight is 516 g/mol. The van der Waals surface area contributed by atoms with Crippen molar-refractivity contribution in [2.24, 2.45) is 0 Å². The summed E-state index contributed by atoms with van der Waals surface area (Å²) in [7, 11) is -3.82. The number of amides is 2. The van der Waals surface area contributed by atoms with E-state index in [2.05, 4.69) is 5.32 Å². The van der Waals surface area contributed by atoms with Crippen LogP contribution in [0.25, 0.3) is 10.8 Å². The Hall–Kier alpha value is -3.10. The standard InChI is InChI=1S/C26H30ClN3O4S/c1-4-16-28-26(32)19(2)29(17-21-11-6-8-14-23(21)27)25(31)18-30(35(3,33)34)24-15-9-12-20-10-5-7-13-22(20)24/h5-15,19H,4,16-18H2,1-3H3,(H,28,32). The molecule has 0 bridgehead atoms. The van der Waals surface area contributed by atoms with E-state index in [1.807, 2.05) is 37.3 Å². The highest BCUT2D eigenvalue weighted by molar-refractivity contribution is 7.92. The summed E-state index contributed by atoms with van der Waals surface area (Å²) in [6.45, 7) is 3.64. The Bertz CT molecular complexity index is 1310. The van der Waals surface area contributed by atoms with Gasteiger partial charge in [-0.15, -0.1) is 0 Å². The summed E-state index contributed by atoms with van der Waals surface area (Å²) < 4.78 is 26.8. The molecule has 1 atom stereocenters. The van der Waals surface area contributed by atoms with Crippen LogP contribution in [0.1, 0.15) is 25.8 Å². The Labute approximate surface area is 211 Å². The highest BCUT2D eigenvalue weighted by Gasteiger charge is 2.30. The number of carbonyl (C=O) groups is 2. The fourth-order valence-electron chi connectivity index (χ4n) is 3.81. The van der Waals surface area contributed by atoms with Crippen LogP contribution >= 0.6 is 11.6 Å². The molecule has 0 saturated carbocycles. The lowest BCUT2D eigenvalue weighted by Crippen LogP contribution is -2.51. The molecular weight excluding hydrogens is 486 g/mol. The third kappa shape index (κ3) is 6.52. The number of fused-ring (bicyclic) bond motifs is 1. The number of carbonyl (C=O) groups excluding carboxylic acids is 2. The zero-order valence-corrected chi connectivity index (χ0v) is 21.6. The molecule has 1 unspecified atom stereocenters. The predicted octanol–water partition coefficient (Wildman–Crippen LogP) is 4.20. The van der Waals surface area contributed by atoms with E-state index in [0.717, 1.165) is 22.4 Å². The van der Waals surface area contributed by atoms with Crippen LogP contribution in [0.4, 0.5) is 5.69 Å². The smallest absolute Gasteiger partial charge is 0.244 e. The van der Waals surface area contributed by atoms with Crippen LogP contribution in [0.2, 0.25) is 5.02 Å². The van der Waals surface area contributed by atoms with E-state index >= 15 is 0 Å². The van der Waals surface area contributed by atoms with Gasteiger partial charge in [-0.05, 0) is 36.4 Å². The Morgan fingerprint density at radius 1 is 1.00 bits per heavy atom. The van der Waals surface area contributed by atoms with E-state index in [1.54, 1.807) is 43.3 Å². The molecule has 0 fully saturated rings. The molecule has 2 amide bonds. The first-order chi connectivity index (χ1) is 16.6. The van der Waals surface area contributed by atoms with Gasteiger partial charge >= 0.3 is 0 Å². The van der Waals surface area contributed by atoms with Crippen molar-refractivity contribution in [2.45, 2.75) is 32.9 Å². The Morgan fingerprint density at radius 3 is 2.34 bits per heavy atom. The molecule has 0 aliphatic heterocycles. The third-order valence-corrected chi connectivity index (χ3v) is 7.22. The summed E-state index contributed by atoms with van der Waals surface area (Å²) in [5.74, 6) is -0.828. The van der Waals surface area contributed by atoms with Crippen molar-refractivity contribution in [1.82, 2.24) is 10.2 Å². The molecule has 3 aromatic rings. The quantitative estimate of drug-likeness (QED) is 0.438. The number of nitrogens with zero attached hydrogens (tertiary/aromatic N) is 2. The molecule has 7 nitrogen and oxygen atoms in total. The highest BCUT2D eigenvalue weighted by atomic mass is 35.5. The normalized spacial score (nSPS) is 12.2. The number of hydrogen-bond acceptors (Lipinski definition) is 4. The monoisotopic (exact) mass is 515 g/mol. The van der Waals surface area contributed by atoms with Gasteiger partial charge in [-0.25, -0.2) is 8.42 Å². The minimum Gasteiger partial charge on any atom is -0.354 e. The minimum absolute atomic E-state index is 0.0619. The molecule has 0 radical (unpaired) electrons. The predicted molar refractivity (Wildman–Crippen MR) is 141 cm³/mol. The molecule has 1 N–H and O–H groups in total. The zero-order valence-electron chi connectivity index (χ0n) is 20.1. The SMILES string of the molecule is CCCNC(=O)C(C)N(Cc1ccccc1Cl)C(=O)CN(c1cccc2ccccc12)S(C)(=O)=O. The van der Waals surface area contributed by atoms with Crippen molar-refractivity contribution in [3.8, 4) is 0 Å². The first kappa shape index (κ1) is 26.5. The fourth-order valence-corrected chi connectivity index (χ4v) is 4.87. The maximum atomic E-state index is 13.6. The maximum absolute atomic E-state index is 13.6. The first-order valence-corrected chi connectivity index (χ1v) is 13.6. The van der Waals surface area contributed by atoms with Gasteiger partial charge in [0.1, 0.15) is 12.6 Å². The van der Waals surface area contributed by atoms with Gasteiger partial charge in [-0.2, -0.15) is 0 Å². The second-order valence-electron chi connectivity index (χ2n) is 8.35. The van der Waals surface area contributed by atoms with Crippen LogP contribution in [0, 0.1) is 0 Å². The summed E-state index contributed by atoms with van der Waals surface area (Å²) in [6, 6.07) is 18.9. The molecule has 35 heavy (non-hydrogen) atoms. The van der Waals surface area contributed by atoms with Crippen LogP contribution in [0.5, 0.6) is 0 Å². The average Bonchev–Trinajstić information content (AvgIpc) is 2.83. The lowest BCUT2D eigenvalue weighted by molar-refractivity contribution is -0.139. The van der Waals surface area contributed by atoms with Crippen molar-refractivity contribution in [3.63, 3.8) is 0 Å². The van der Waals surface area contributed by atoms with Crippen LogP contribution in [0.3, 0.4) is 0 Å². The molecule has 0 aliphatic carbocycles. The molecule has 0 saturated heterocycles. The molecule has 0 aromatic heterocycles. The fraction of sp³-hybridized carbons (Fsp3) is 0.308. The van der Waals surface area contributed by atoms with E-state index in [0.29, 0.717) is 28.2 Å². The summed E-state index contributed by atoms with van der Waals surface area (Å²) in [5.41, 5.74) is 1.06. The lowest BCUT2D eigenvalue weighted by Gasteiger charge is -2.32. The summed E-state index contributed by atoms with van der Waals surface area (Å²) in [5, 5.41) is 4.83. The van der Waals surface area contributed by atoms with Crippen molar-refractivity contribution in [3.05, 3.63) is 77.3 Å². The van der Waals surface area contributed by atoms with Crippen LogP contribution in [-0.4, -0.2) is 50.5 Å². The number of rotatable bonds is 10. The molecule has 186 valence electrons. The molecule has 3 rings (SSSR count). The maximum Gasteiger partial charge on any atom is 0.244 e. The second kappa shape index (κ2) is 11.6. The Kier molecular flexibility index (Phi) is 8.75. The number of sulfonamides is 1. The van der Waals surface area contributed by atoms with Gasteiger partial charge in [-0.1, -0.05) is 73.1 Å². The zero-order chi connectivity index (χ0) is 25.6. The van der Waals surface area contributed by atoms with Crippen LogP contribution < -0.4 is 9.62 Å². The molecule has 0 heterocycles. The van der Waals surface area contributed by atoms with Gasteiger partial charge in [-0.3, -0.25) is 13.9 Å². The largest absolute Gasteiger partial charge is 0.354 e. The van der Waals surface area contributed by atoms with E-state index in [1.165, 1.54) is 4.90 Å². The number of halogens is 1. The Morgan fingerprint density at radius 2 is 1.66 bits per heavy atom. The number of nitrogens with one attached hydrogen (secondary N) is 1. The van der Waals surface area contributed by atoms with Gasteiger partial charge in [0.25, 0.3) is 0 Å². The summed E-state index contributed by atoms with van der Waals surface area (Å²) in [4.78, 5) is 27.8. The van der Waals surface area contributed by atoms with Gasteiger partial charge in [0.15, 0.2) is 0 Å². The summed E-state index contributed by atoms with van der Waals surface area (Å²) >= 11 is 6.34. The second-order valence-corrected chi connectivity index (χ2v) is 10.7. The van der Waals surface area contributed by atoms with Crippen molar-refractivity contribution >= 4 is 49.9 Å². The van der Waals surface area contributed by atoms with E-state index < -0.39 is 28.5 Å². The van der Waals surface area contributed by atoms with Crippen LogP contribution in [-0.2, 0) is 26.2 Å². The van der Waals surface area contributed by atoms with Gasteiger partial charge in [0, 0.05) is 23.5 Å². The van der Waals surface area contributed by atoms with Crippen molar-refractivity contribution in [2.75, 3.05) is 23.7 Å². The molecule has 0 aliphatic rings. The van der Waals surface area contributed by atoms with Gasteiger partial charge in [0.05, 0.1) is 11.9 Å². The van der Waals surface area contributed by atoms with Crippen molar-refractivity contribution in [1.29, 1.82) is 0 Å².